The first kappa shape index (κ1) is 13.0. The minimum atomic E-state index is -0.0255. The van der Waals surface area contributed by atoms with E-state index < -0.39 is 0 Å². The van der Waals surface area contributed by atoms with Gasteiger partial charge in [-0.2, -0.15) is 4.98 Å². The average molecular weight is 285 g/mol. The van der Waals surface area contributed by atoms with Crippen LogP contribution in [0.1, 0.15) is 42.6 Å². The molecule has 5 nitrogen and oxygen atoms in total. The summed E-state index contributed by atoms with van der Waals surface area (Å²) in [7, 11) is 1.74. The molecule has 1 aromatic carbocycles. The molecular formula is C16H19N3O2. The fraction of sp³-hybridized carbons (Fsp3) is 0.500. The predicted molar refractivity (Wildman–Crippen MR) is 76.9 cm³/mol. The molecule has 21 heavy (non-hydrogen) atoms. The van der Waals surface area contributed by atoms with E-state index in [1.807, 2.05) is 6.07 Å². The van der Waals surface area contributed by atoms with Gasteiger partial charge < -0.3 is 14.6 Å². The van der Waals surface area contributed by atoms with Crippen LogP contribution >= 0.6 is 0 Å². The van der Waals surface area contributed by atoms with Crippen LogP contribution in [-0.4, -0.2) is 29.9 Å². The van der Waals surface area contributed by atoms with Gasteiger partial charge in [0, 0.05) is 13.7 Å². The summed E-state index contributed by atoms with van der Waals surface area (Å²) in [5, 5.41) is 7.63. The fourth-order valence-corrected chi connectivity index (χ4v) is 3.17. The second-order valence-electron chi connectivity index (χ2n) is 5.96. The molecule has 2 heterocycles. The van der Waals surface area contributed by atoms with Crippen molar-refractivity contribution in [1.82, 2.24) is 15.5 Å². The van der Waals surface area contributed by atoms with E-state index in [9.17, 15) is 0 Å². The summed E-state index contributed by atoms with van der Waals surface area (Å²) in [6.07, 6.45) is 3.30. The van der Waals surface area contributed by atoms with E-state index in [4.69, 9.17) is 9.26 Å². The minimum Gasteiger partial charge on any atom is -0.380 e. The van der Waals surface area contributed by atoms with Crippen molar-refractivity contribution in [2.75, 3.05) is 13.7 Å². The minimum absolute atomic E-state index is 0.0255. The highest BCUT2D eigenvalue weighted by Gasteiger charge is 2.50. The lowest BCUT2D eigenvalue weighted by Crippen LogP contribution is -2.16. The Morgan fingerprint density at radius 1 is 1.29 bits per heavy atom. The van der Waals surface area contributed by atoms with Gasteiger partial charge in [0.1, 0.15) is 0 Å². The smallest absolute Gasteiger partial charge is 0.243 e. The molecule has 1 aliphatic carbocycles. The first-order valence-electron chi connectivity index (χ1n) is 7.47. The van der Waals surface area contributed by atoms with Gasteiger partial charge in [0.25, 0.3) is 0 Å². The van der Waals surface area contributed by atoms with E-state index in [1.165, 1.54) is 5.56 Å². The Bertz CT molecular complexity index is 621. The molecule has 1 N–H and O–H groups in total. The van der Waals surface area contributed by atoms with Crippen LogP contribution in [0.15, 0.2) is 34.9 Å². The third-order valence-electron chi connectivity index (χ3n) is 4.67. The number of hydrogen-bond acceptors (Lipinski definition) is 5. The van der Waals surface area contributed by atoms with Gasteiger partial charge in [-0.05, 0) is 24.8 Å². The maximum Gasteiger partial charge on any atom is 0.243 e. The highest BCUT2D eigenvalue weighted by Crippen LogP contribution is 2.52. The molecule has 5 heteroatoms. The lowest BCUT2D eigenvalue weighted by atomic mass is 9.95. The summed E-state index contributed by atoms with van der Waals surface area (Å²) in [6, 6.07) is 10.6. The topological polar surface area (TPSA) is 60.2 Å². The molecule has 1 saturated carbocycles. The van der Waals surface area contributed by atoms with Crippen molar-refractivity contribution in [2.24, 2.45) is 0 Å². The summed E-state index contributed by atoms with van der Waals surface area (Å²) in [4.78, 5) is 4.68. The van der Waals surface area contributed by atoms with Gasteiger partial charge in [0.2, 0.25) is 5.89 Å². The first-order chi connectivity index (χ1) is 10.3. The molecule has 0 amide bonds. The zero-order valence-electron chi connectivity index (χ0n) is 12.1. The Morgan fingerprint density at radius 2 is 2.10 bits per heavy atom. The molecule has 0 radical (unpaired) electrons. The van der Waals surface area contributed by atoms with E-state index in [-0.39, 0.29) is 17.6 Å². The van der Waals surface area contributed by atoms with E-state index in [2.05, 4.69) is 39.7 Å². The van der Waals surface area contributed by atoms with Crippen molar-refractivity contribution >= 4 is 0 Å². The van der Waals surface area contributed by atoms with Crippen molar-refractivity contribution in [3.63, 3.8) is 0 Å². The van der Waals surface area contributed by atoms with E-state index in [1.54, 1.807) is 7.11 Å². The Kier molecular flexibility index (Phi) is 3.05. The molecule has 1 saturated heterocycles. The molecule has 2 aromatic rings. The van der Waals surface area contributed by atoms with Gasteiger partial charge in [-0.15, -0.1) is 0 Å². The van der Waals surface area contributed by atoms with E-state index >= 15 is 0 Å². The fourth-order valence-electron chi connectivity index (χ4n) is 3.17. The van der Waals surface area contributed by atoms with E-state index in [0.29, 0.717) is 5.89 Å². The Morgan fingerprint density at radius 3 is 2.76 bits per heavy atom. The number of hydrogen-bond donors (Lipinski definition) is 1. The number of benzene rings is 1. The standard InChI is InChI=1S/C16H19N3O2/c1-20-12-9-13(17-10-12)14-18-15(19-21-14)16(7-8-16)11-5-3-2-4-6-11/h2-6,12-13,17H,7-10H2,1H3/t12-,13+/m0/s1. The molecular weight excluding hydrogens is 266 g/mol. The van der Waals surface area contributed by atoms with Crippen LogP contribution in [0, 0.1) is 0 Å². The van der Waals surface area contributed by atoms with Crippen LogP contribution < -0.4 is 5.32 Å². The van der Waals surface area contributed by atoms with Crippen LogP contribution in [0.2, 0.25) is 0 Å². The van der Waals surface area contributed by atoms with E-state index in [0.717, 1.165) is 31.6 Å². The number of nitrogens with one attached hydrogen (secondary N) is 1. The highest BCUT2D eigenvalue weighted by molar-refractivity contribution is 5.38. The van der Waals surface area contributed by atoms with Gasteiger partial charge in [0.15, 0.2) is 5.82 Å². The zero-order valence-corrected chi connectivity index (χ0v) is 12.1. The quantitative estimate of drug-likeness (QED) is 0.933. The van der Waals surface area contributed by atoms with Gasteiger partial charge in [-0.1, -0.05) is 35.5 Å². The molecule has 2 atom stereocenters. The van der Waals surface area contributed by atoms with Crippen LogP contribution in [0.5, 0.6) is 0 Å². The SMILES string of the molecule is CO[C@@H]1CN[C@@H](c2nc(C3(c4ccccc4)CC3)no2)C1. The predicted octanol–water partition coefficient (Wildman–Crippen LogP) is 2.20. The van der Waals surface area contributed by atoms with Gasteiger partial charge in [-0.3, -0.25) is 0 Å². The summed E-state index contributed by atoms with van der Waals surface area (Å²) in [5.74, 6) is 1.51. The number of methoxy groups -OCH3 is 1. The molecule has 1 aliphatic heterocycles. The molecule has 2 aliphatic rings. The van der Waals surface area contributed by atoms with Crippen LogP contribution in [0.4, 0.5) is 0 Å². The Labute approximate surface area is 123 Å². The third kappa shape index (κ3) is 2.17. The maximum absolute atomic E-state index is 5.51. The zero-order chi connectivity index (χ0) is 14.3. The van der Waals surface area contributed by atoms with Crippen molar-refractivity contribution in [1.29, 1.82) is 0 Å². The maximum atomic E-state index is 5.51. The van der Waals surface area contributed by atoms with Crippen molar-refractivity contribution in [3.8, 4) is 0 Å². The van der Waals surface area contributed by atoms with Gasteiger partial charge in [0.05, 0.1) is 17.6 Å². The normalized spacial score (nSPS) is 26.9. The molecule has 1 aromatic heterocycles. The molecule has 4 rings (SSSR count). The lowest BCUT2D eigenvalue weighted by molar-refractivity contribution is 0.116. The Balaban J connectivity index is 1.58. The molecule has 0 unspecified atom stereocenters. The molecule has 2 fully saturated rings. The van der Waals surface area contributed by atoms with Crippen LogP contribution in [-0.2, 0) is 10.2 Å². The number of nitrogens with zero attached hydrogens (tertiary/aromatic N) is 2. The van der Waals surface area contributed by atoms with Gasteiger partial charge in [-0.25, -0.2) is 0 Å². The number of rotatable bonds is 4. The summed E-state index contributed by atoms with van der Waals surface area (Å²) in [6.45, 7) is 0.836. The molecule has 0 bridgehead atoms. The van der Waals surface area contributed by atoms with Crippen molar-refractivity contribution < 1.29 is 9.26 Å². The second-order valence-corrected chi connectivity index (χ2v) is 5.96. The van der Waals surface area contributed by atoms with Crippen LogP contribution in [0.25, 0.3) is 0 Å². The third-order valence-corrected chi connectivity index (χ3v) is 4.67. The second kappa shape index (κ2) is 4.93. The summed E-state index contributed by atoms with van der Waals surface area (Å²) < 4.78 is 10.9. The monoisotopic (exact) mass is 285 g/mol. The van der Waals surface area contributed by atoms with Crippen molar-refractivity contribution in [2.45, 2.75) is 36.8 Å². The van der Waals surface area contributed by atoms with Crippen molar-refractivity contribution in [3.05, 3.63) is 47.6 Å². The van der Waals surface area contributed by atoms with Crippen LogP contribution in [0.3, 0.4) is 0 Å². The van der Waals surface area contributed by atoms with Gasteiger partial charge >= 0.3 is 0 Å². The first-order valence-corrected chi connectivity index (χ1v) is 7.47. The molecule has 110 valence electrons. The largest absolute Gasteiger partial charge is 0.380 e. The lowest BCUT2D eigenvalue weighted by Gasteiger charge is -2.10. The number of aromatic nitrogens is 2. The average Bonchev–Trinajstić information content (AvgIpc) is 2.99. The molecule has 0 spiro atoms. The highest BCUT2D eigenvalue weighted by atomic mass is 16.5. The summed E-state index contributed by atoms with van der Waals surface area (Å²) in [5.41, 5.74) is 1.26. The summed E-state index contributed by atoms with van der Waals surface area (Å²) >= 11 is 0. The Hall–Kier alpha value is -1.72. The number of ether oxygens (including phenoxy) is 1.